The third kappa shape index (κ3) is 4.72. The lowest BCUT2D eigenvalue weighted by Gasteiger charge is -2.02. The molecule has 0 bridgehead atoms. The summed E-state index contributed by atoms with van der Waals surface area (Å²) in [6.45, 7) is 1.89. The first-order chi connectivity index (χ1) is 8.67. The van der Waals surface area contributed by atoms with Crippen LogP contribution in [0.1, 0.15) is 43.7 Å². The van der Waals surface area contributed by atoms with E-state index < -0.39 is 0 Å². The Kier molecular flexibility index (Phi) is 6.15. The number of carbonyl (C=O) groups is 1. The van der Waals surface area contributed by atoms with Crippen LogP contribution >= 0.6 is 0 Å². The van der Waals surface area contributed by atoms with E-state index in [1.807, 2.05) is 0 Å². The first kappa shape index (κ1) is 14.5. The number of benzene rings is 1. The van der Waals surface area contributed by atoms with Gasteiger partial charge in [-0.2, -0.15) is 0 Å². The topological polar surface area (TPSA) is 57.5 Å². The summed E-state index contributed by atoms with van der Waals surface area (Å²) in [5, 5.41) is 18.4. The van der Waals surface area contributed by atoms with E-state index in [1.165, 1.54) is 6.07 Å². The van der Waals surface area contributed by atoms with E-state index in [-0.39, 0.29) is 18.1 Å². The molecule has 0 amide bonds. The van der Waals surface area contributed by atoms with Crippen molar-refractivity contribution in [2.75, 3.05) is 0 Å². The van der Waals surface area contributed by atoms with E-state index in [0.29, 0.717) is 12.0 Å². The number of unbranched alkanes of at least 4 members (excludes halogenated alkanes) is 2. The molecule has 1 aromatic rings. The molecule has 0 saturated heterocycles. The molecule has 0 aliphatic rings. The van der Waals surface area contributed by atoms with E-state index in [9.17, 15) is 9.90 Å². The number of ketones is 1. The largest absolute Gasteiger partial charge is 0.508 e. The van der Waals surface area contributed by atoms with Crippen molar-refractivity contribution in [1.82, 2.24) is 0 Å². The molecular weight excluding hydrogens is 228 g/mol. The Morgan fingerprint density at radius 1 is 1.33 bits per heavy atom. The lowest BCUT2D eigenvalue weighted by atomic mass is 10.1. The van der Waals surface area contributed by atoms with Crippen molar-refractivity contribution in [3.8, 4) is 5.75 Å². The number of aliphatic hydroxyl groups is 1. The number of aromatic hydroxyl groups is 1. The fourth-order valence-corrected chi connectivity index (χ4v) is 1.66. The maximum absolute atomic E-state index is 11.5. The highest BCUT2D eigenvalue weighted by Gasteiger charge is 2.00. The normalized spacial score (nSPS) is 11.0. The Hall–Kier alpha value is -1.61. The second-order valence-corrected chi connectivity index (χ2v) is 4.30. The Morgan fingerprint density at radius 3 is 2.78 bits per heavy atom. The van der Waals surface area contributed by atoms with Crippen LogP contribution in [0.4, 0.5) is 0 Å². The molecule has 2 N–H and O–H groups in total. The number of hydrogen-bond acceptors (Lipinski definition) is 3. The molecule has 0 unspecified atom stereocenters. The van der Waals surface area contributed by atoms with Crippen molar-refractivity contribution in [3.63, 3.8) is 0 Å². The molecule has 0 saturated carbocycles. The van der Waals surface area contributed by atoms with Crippen LogP contribution in [0.15, 0.2) is 24.3 Å². The van der Waals surface area contributed by atoms with Crippen LogP contribution in [0, 0.1) is 0 Å². The van der Waals surface area contributed by atoms with Crippen LogP contribution in [0.2, 0.25) is 0 Å². The van der Waals surface area contributed by atoms with Gasteiger partial charge in [0.25, 0.3) is 0 Å². The molecule has 0 aliphatic carbocycles. The van der Waals surface area contributed by atoms with Gasteiger partial charge in [0, 0.05) is 12.0 Å². The van der Waals surface area contributed by atoms with Gasteiger partial charge in [-0.05, 0) is 30.2 Å². The summed E-state index contributed by atoms with van der Waals surface area (Å²) in [6, 6.07) is 4.91. The van der Waals surface area contributed by atoms with Gasteiger partial charge in [-0.15, -0.1) is 0 Å². The molecule has 0 radical (unpaired) electrons. The van der Waals surface area contributed by atoms with Crippen molar-refractivity contribution in [3.05, 3.63) is 35.4 Å². The van der Waals surface area contributed by atoms with E-state index >= 15 is 0 Å². The Morgan fingerprint density at radius 2 is 2.11 bits per heavy atom. The van der Waals surface area contributed by atoms with Crippen LogP contribution < -0.4 is 0 Å². The van der Waals surface area contributed by atoms with Gasteiger partial charge in [0.2, 0.25) is 0 Å². The minimum absolute atomic E-state index is 0.0731. The molecule has 98 valence electrons. The standard InChI is InChI=1S/C15H20O3/c1-2-3-4-5-14(17)8-6-12-7-9-15(18)13(10-12)11-16/h6-10,16,18H,2-5,11H2,1H3/b8-6+. The Bertz CT molecular complexity index is 422. The summed E-state index contributed by atoms with van der Waals surface area (Å²) >= 11 is 0. The summed E-state index contributed by atoms with van der Waals surface area (Å²) < 4.78 is 0. The predicted molar refractivity (Wildman–Crippen MR) is 72.2 cm³/mol. The van der Waals surface area contributed by atoms with E-state index in [2.05, 4.69) is 6.92 Å². The molecule has 0 spiro atoms. The highest BCUT2D eigenvalue weighted by atomic mass is 16.3. The summed E-state index contributed by atoms with van der Waals surface area (Å²) in [5.41, 5.74) is 1.27. The van der Waals surface area contributed by atoms with E-state index in [4.69, 9.17) is 5.11 Å². The van der Waals surface area contributed by atoms with Gasteiger partial charge in [-0.3, -0.25) is 4.79 Å². The molecule has 0 aliphatic heterocycles. The van der Waals surface area contributed by atoms with Crippen molar-refractivity contribution >= 4 is 11.9 Å². The third-order valence-electron chi connectivity index (χ3n) is 2.76. The molecule has 1 rings (SSSR count). The van der Waals surface area contributed by atoms with Gasteiger partial charge >= 0.3 is 0 Å². The molecule has 0 fully saturated rings. The number of phenols is 1. The fourth-order valence-electron chi connectivity index (χ4n) is 1.66. The Labute approximate surface area is 108 Å². The van der Waals surface area contributed by atoms with Gasteiger partial charge in [0.05, 0.1) is 6.61 Å². The molecule has 3 heteroatoms. The minimum Gasteiger partial charge on any atom is -0.508 e. The first-order valence-electron chi connectivity index (χ1n) is 6.31. The minimum atomic E-state index is -0.210. The summed E-state index contributed by atoms with van der Waals surface area (Å²) in [5.74, 6) is 0.186. The third-order valence-corrected chi connectivity index (χ3v) is 2.76. The van der Waals surface area contributed by atoms with Gasteiger partial charge < -0.3 is 10.2 Å². The molecule has 18 heavy (non-hydrogen) atoms. The second kappa shape index (κ2) is 7.67. The van der Waals surface area contributed by atoms with Gasteiger partial charge in [0.1, 0.15) is 5.75 Å². The smallest absolute Gasteiger partial charge is 0.155 e. The number of hydrogen-bond donors (Lipinski definition) is 2. The zero-order valence-electron chi connectivity index (χ0n) is 10.7. The lowest BCUT2D eigenvalue weighted by Crippen LogP contribution is -1.92. The predicted octanol–water partition coefficient (Wildman–Crippen LogP) is 3.05. The van der Waals surface area contributed by atoms with Crippen LogP contribution in [0.25, 0.3) is 6.08 Å². The average molecular weight is 248 g/mol. The van der Waals surface area contributed by atoms with Gasteiger partial charge in [-0.1, -0.05) is 31.9 Å². The molecule has 0 heterocycles. The van der Waals surface area contributed by atoms with Crippen LogP contribution in [0.5, 0.6) is 5.75 Å². The van der Waals surface area contributed by atoms with Crippen molar-refractivity contribution < 1.29 is 15.0 Å². The zero-order chi connectivity index (χ0) is 13.4. The first-order valence-corrected chi connectivity index (χ1v) is 6.31. The Balaban J connectivity index is 2.58. The molecule has 0 aromatic heterocycles. The molecule has 3 nitrogen and oxygen atoms in total. The van der Waals surface area contributed by atoms with E-state index in [1.54, 1.807) is 24.3 Å². The maximum atomic E-state index is 11.5. The maximum Gasteiger partial charge on any atom is 0.155 e. The highest BCUT2D eigenvalue weighted by Crippen LogP contribution is 2.19. The zero-order valence-corrected chi connectivity index (χ0v) is 10.7. The van der Waals surface area contributed by atoms with E-state index in [0.717, 1.165) is 24.8 Å². The summed E-state index contributed by atoms with van der Waals surface area (Å²) in [7, 11) is 0. The SMILES string of the molecule is CCCCCC(=O)/C=C/c1ccc(O)c(CO)c1. The summed E-state index contributed by atoms with van der Waals surface area (Å²) in [4.78, 5) is 11.5. The lowest BCUT2D eigenvalue weighted by molar-refractivity contribution is -0.114. The second-order valence-electron chi connectivity index (χ2n) is 4.30. The molecule has 0 atom stereocenters. The van der Waals surface area contributed by atoms with Crippen LogP contribution in [-0.4, -0.2) is 16.0 Å². The molecular formula is C15H20O3. The number of aliphatic hydroxyl groups excluding tert-OH is 1. The van der Waals surface area contributed by atoms with Crippen molar-refractivity contribution in [2.45, 2.75) is 39.2 Å². The van der Waals surface area contributed by atoms with Crippen LogP contribution in [-0.2, 0) is 11.4 Å². The van der Waals surface area contributed by atoms with Crippen molar-refractivity contribution in [2.24, 2.45) is 0 Å². The van der Waals surface area contributed by atoms with Crippen LogP contribution in [0.3, 0.4) is 0 Å². The fraction of sp³-hybridized carbons (Fsp3) is 0.400. The van der Waals surface area contributed by atoms with Crippen molar-refractivity contribution in [1.29, 1.82) is 0 Å². The number of carbonyl (C=O) groups excluding carboxylic acids is 1. The summed E-state index contributed by atoms with van der Waals surface area (Å²) in [6.07, 6.45) is 6.96. The van der Waals surface area contributed by atoms with Gasteiger partial charge in [-0.25, -0.2) is 0 Å². The number of rotatable bonds is 7. The quantitative estimate of drug-likeness (QED) is 0.576. The monoisotopic (exact) mass is 248 g/mol. The average Bonchev–Trinajstić information content (AvgIpc) is 2.38. The number of allylic oxidation sites excluding steroid dienone is 1. The molecule has 1 aromatic carbocycles. The highest BCUT2D eigenvalue weighted by molar-refractivity contribution is 5.93. The van der Waals surface area contributed by atoms with Gasteiger partial charge in [0.15, 0.2) is 5.78 Å².